The maximum Gasteiger partial charge on any atom is 0.387 e. The Morgan fingerprint density at radius 3 is 2.29 bits per heavy atom. The van der Waals surface area contributed by atoms with Crippen LogP contribution in [0.25, 0.3) is 0 Å². The first-order valence-electron chi connectivity index (χ1n) is 14.3. The number of carbonyl (C=O) groups is 2. The number of piperidine rings is 1. The Kier molecular flexibility index (Phi) is 9.83. The van der Waals surface area contributed by atoms with Gasteiger partial charge in [-0.25, -0.2) is 18.2 Å². The number of aromatic nitrogens is 1. The van der Waals surface area contributed by atoms with Gasteiger partial charge in [0.15, 0.2) is 11.6 Å². The topological polar surface area (TPSA) is 104 Å². The van der Waals surface area contributed by atoms with E-state index in [0.29, 0.717) is 38.2 Å². The summed E-state index contributed by atoms with van der Waals surface area (Å²) in [6.45, 7) is -1.51. The minimum Gasteiger partial charge on any atom is -0.497 e. The number of aliphatic hydroxyl groups is 1. The number of β-amino-alcohol motifs (C(OH)–C–C–N with tert-alkyl or cyclic N) is 1. The Balaban J connectivity index is 1.46. The van der Waals surface area contributed by atoms with Crippen LogP contribution in [0, 0.1) is 17.5 Å². The fourth-order valence-electron chi connectivity index (χ4n) is 5.85. The molecule has 0 aliphatic carbocycles. The van der Waals surface area contributed by atoms with Crippen molar-refractivity contribution in [1.82, 2.24) is 15.2 Å². The molecule has 9 nitrogen and oxygen atoms in total. The molecule has 2 atom stereocenters. The number of benzene rings is 2. The van der Waals surface area contributed by atoms with Crippen molar-refractivity contribution < 1.29 is 46.1 Å². The van der Waals surface area contributed by atoms with Gasteiger partial charge in [0.05, 0.1) is 13.7 Å². The second-order valence-electron chi connectivity index (χ2n) is 10.8. The van der Waals surface area contributed by atoms with Crippen molar-refractivity contribution in [3.63, 3.8) is 0 Å². The predicted molar refractivity (Wildman–Crippen MR) is 152 cm³/mol. The van der Waals surface area contributed by atoms with E-state index in [4.69, 9.17) is 4.74 Å². The Labute approximate surface area is 255 Å². The van der Waals surface area contributed by atoms with E-state index in [-0.39, 0.29) is 35.4 Å². The summed E-state index contributed by atoms with van der Waals surface area (Å²) in [5.41, 5.74) is -0.0126. The Morgan fingerprint density at radius 1 is 1.02 bits per heavy atom. The summed E-state index contributed by atoms with van der Waals surface area (Å²) >= 11 is 0. The van der Waals surface area contributed by atoms with Crippen molar-refractivity contribution in [2.75, 3.05) is 44.8 Å². The van der Waals surface area contributed by atoms with E-state index in [9.17, 15) is 23.5 Å². The standard InChI is InChI=1S/C31H31F5N4O5/c1-44-20-14-23(33)26(24(34)15-20)21-16-40(28-22(32)6-7-25(37-28)17-8-10-39(11-9-17)12-13-41)30(43)27(21)38-29(42)18-2-4-19(5-3-18)45-31(35)36/h2-7,14-15,17,21,27,31,41H,8-13,16H2,1H3,(H,38,42)/t21-,27-/m0/s1. The van der Waals surface area contributed by atoms with Crippen LogP contribution in [0.2, 0.25) is 0 Å². The van der Waals surface area contributed by atoms with Gasteiger partial charge in [-0.1, -0.05) is 0 Å². The summed E-state index contributed by atoms with van der Waals surface area (Å²) < 4.78 is 80.2. The number of ether oxygens (including phenoxy) is 2. The van der Waals surface area contributed by atoms with E-state index in [0.717, 1.165) is 29.2 Å². The zero-order chi connectivity index (χ0) is 32.2. The van der Waals surface area contributed by atoms with E-state index in [1.807, 2.05) is 0 Å². The second kappa shape index (κ2) is 13.8. The number of hydrogen-bond donors (Lipinski definition) is 2. The van der Waals surface area contributed by atoms with Crippen LogP contribution in [0.1, 0.15) is 46.3 Å². The van der Waals surface area contributed by atoms with Crippen molar-refractivity contribution in [2.24, 2.45) is 0 Å². The summed E-state index contributed by atoms with van der Waals surface area (Å²) in [4.78, 5) is 34.6. The van der Waals surface area contributed by atoms with Gasteiger partial charge in [0.1, 0.15) is 29.2 Å². The summed E-state index contributed by atoms with van der Waals surface area (Å²) in [6.07, 6.45) is 1.38. The number of anilines is 1. The van der Waals surface area contributed by atoms with E-state index < -0.39 is 59.9 Å². The van der Waals surface area contributed by atoms with Gasteiger partial charge in [-0.3, -0.25) is 14.5 Å². The monoisotopic (exact) mass is 634 g/mol. The molecule has 2 aliphatic rings. The highest BCUT2D eigenvalue weighted by Gasteiger charge is 2.46. The average molecular weight is 635 g/mol. The number of hydrogen-bond acceptors (Lipinski definition) is 7. The summed E-state index contributed by atoms with van der Waals surface area (Å²) in [6, 6.07) is 7.68. The molecule has 2 amide bonds. The molecule has 0 saturated carbocycles. The van der Waals surface area contributed by atoms with Gasteiger partial charge in [0.25, 0.3) is 11.8 Å². The Hall–Kier alpha value is -4.30. The number of aliphatic hydroxyl groups excluding tert-OH is 1. The molecule has 2 fully saturated rings. The molecule has 2 aliphatic heterocycles. The zero-order valence-corrected chi connectivity index (χ0v) is 24.2. The Bertz CT molecular complexity index is 1510. The molecular formula is C31H31F5N4O5. The molecule has 0 spiro atoms. The van der Waals surface area contributed by atoms with Crippen LogP contribution in [0.5, 0.6) is 11.5 Å². The quantitative estimate of drug-likeness (QED) is 0.322. The summed E-state index contributed by atoms with van der Waals surface area (Å²) in [5, 5.41) is 11.7. The van der Waals surface area contributed by atoms with Crippen molar-refractivity contribution in [2.45, 2.75) is 37.3 Å². The van der Waals surface area contributed by atoms with Crippen LogP contribution >= 0.6 is 0 Å². The second-order valence-corrected chi connectivity index (χ2v) is 10.8. The van der Waals surface area contributed by atoms with Crippen molar-refractivity contribution in [3.8, 4) is 11.5 Å². The van der Waals surface area contributed by atoms with Gasteiger partial charge in [0.2, 0.25) is 0 Å². The van der Waals surface area contributed by atoms with Gasteiger partial charge < -0.3 is 24.8 Å². The maximum atomic E-state index is 15.3. The first-order valence-corrected chi connectivity index (χ1v) is 14.3. The molecule has 3 aromatic rings. The lowest BCUT2D eigenvalue weighted by molar-refractivity contribution is -0.118. The lowest BCUT2D eigenvalue weighted by Gasteiger charge is -2.31. The largest absolute Gasteiger partial charge is 0.497 e. The molecule has 0 radical (unpaired) electrons. The van der Waals surface area contributed by atoms with Crippen LogP contribution in [-0.4, -0.2) is 79.4 Å². The Morgan fingerprint density at radius 2 is 1.69 bits per heavy atom. The average Bonchev–Trinajstić information content (AvgIpc) is 3.32. The van der Waals surface area contributed by atoms with Gasteiger partial charge in [-0.2, -0.15) is 8.78 Å². The van der Waals surface area contributed by atoms with E-state index in [1.54, 1.807) is 0 Å². The molecule has 0 unspecified atom stereocenters. The molecule has 2 saturated heterocycles. The number of carbonyl (C=O) groups excluding carboxylic acids is 2. The highest BCUT2D eigenvalue weighted by molar-refractivity contribution is 6.04. The number of pyridine rings is 1. The van der Waals surface area contributed by atoms with Crippen LogP contribution in [0.3, 0.4) is 0 Å². The maximum absolute atomic E-state index is 15.3. The van der Waals surface area contributed by atoms with E-state index in [1.165, 1.54) is 31.4 Å². The van der Waals surface area contributed by atoms with Gasteiger partial charge >= 0.3 is 6.61 Å². The van der Waals surface area contributed by atoms with Gasteiger partial charge in [-0.15, -0.1) is 0 Å². The number of halogens is 5. The molecule has 2 N–H and O–H groups in total. The molecule has 3 heterocycles. The van der Waals surface area contributed by atoms with Crippen LogP contribution < -0.4 is 19.7 Å². The number of alkyl halides is 2. The first-order chi connectivity index (χ1) is 21.6. The van der Waals surface area contributed by atoms with Crippen molar-refractivity contribution in [3.05, 3.63) is 82.8 Å². The molecular weight excluding hydrogens is 603 g/mol. The van der Waals surface area contributed by atoms with E-state index in [2.05, 4.69) is 19.9 Å². The highest BCUT2D eigenvalue weighted by Crippen LogP contribution is 2.38. The predicted octanol–water partition coefficient (Wildman–Crippen LogP) is 4.21. The number of rotatable bonds is 10. The minimum absolute atomic E-state index is 0.0351. The molecule has 240 valence electrons. The van der Waals surface area contributed by atoms with Crippen molar-refractivity contribution >= 4 is 17.6 Å². The molecule has 45 heavy (non-hydrogen) atoms. The highest BCUT2D eigenvalue weighted by atomic mass is 19.3. The van der Waals surface area contributed by atoms with Gasteiger partial charge in [-0.05, 0) is 62.3 Å². The van der Waals surface area contributed by atoms with E-state index >= 15 is 13.2 Å². The minimum atomic E-state index is -3.08. The number of nitrogens with one attached hydrogen (secondary N) is 1. The molecule has 14 heteroatoms. The molecule has 5 rings (SSSR count). The third-order valence-electron chi connectivity index (χ3n) is 8.13. The molecule has 1 aromatic heterocycles. The summed E-state index contributed by atoms with van der Waals surface area (Å²) in [7, 11) is 1.23. The third-order valence-corrected chi connectivity index (χ3v) is 8.13. The third kappa shape index (κ3) is 7.01. The lowest BCUT2D eigenvalue weighted by atomic mass is 9.92. The van der Waals surface area contributed by atoms with Gasteiger partial charge in [0, 0.05) is 53.9 Å². The zero-order valence-electron chi connectivity index (χ0n) is 24.2. The lowest BCUT2D eigenvalue weighted by Crippen LogP contribution is -2.44. The van der Waals surface area contributed by atoms with Crippen LogP contribution in [-0.2, 0) is 4.79 Å². The van der Waals surface area contributed by atoms with Crippen molar-refractivity contribution in [1.29, 1.82) is 0 Å². The SMILES string of the molecule is COc1cc(F)c([C@@H]2CN(c3nc(C4CCN(CCO)CC4)ccc3F)C(=O)[C@H]2NC(=O)c2ccc(OC(F)F)cc2)c(F)c1. The smallest absolute Gasteiger partial charge is 0.387 e. The fraction of sp³-hybridized carbons (Fsp3) is 0.387. The number of likely N-dealkylation sites (tertiary alicyclic amines) is 1. The summed E-state index contributed by atoms with van der Waals surface area (Å²) in [5.74, 6) is -6.57. The molecule has 0 bridgehead atoms. The molecule has 2 aromatic carbocycles. The van der Waals surface area contributed by atoms with Crippen LogP contribution in [0.4, 0.5) is 27.8 Å². The van der Waals surface area contributed by atoms with Crippen LogP contribution in [0.15, 0.2) is 48.5 Å². The fourth-order valence-corrected chi connectivity index (χ4v) is 5.85. The number of amides is 2. The number of nitrogens with zero attached hydrogens (tertiary/aromatic N) is 3. The normalized spacial score (nSPS) is 19.3. The number of methoxy groups -OCH3 is 1. The first kappa shape index (κ1) is 32.1.